The third-order valence-corrected chi connectivity index (χ3v) is 4.83. The number of methoxy groups -OCH3 is 1. The maximum Gasteiger partial charge on any atom is 0.254 e. The lowest BCUT2D eigenvalue weighted by Crippen LogP contribution is -2.34. The van der Waals surface area contributed by atoms with Gasteiger partial charge in [0.1, 0.15) is 5.75 Å². The van der Waals surface area contributed by atoms with Crippen LogP contribution in [0.15, 0.2) is 48.5 Å². The van der Waals surface area contributed by atoms with E-state index in [1.165, 1.54) is 4.90 Å². The summed E-state index contributed by atoms with van der Waals surface area (Å²) in [5, 5.41) is 2.76. The highest BCUT2D eigenvalue weighted by Crippen LogP contribution is 2.17. The van der Waals surface area contributed by atoms with Gasteiger partial charge in [0.15, 0.2) is 0 Å². The second kappa shape index (κ2) is 9.23. The summed E-state index contributed by atoms with van der Waals surface area (Å²) in [5.74, 6) is 0.280. The smallest absolute Gasteiger partial charge is 0.254 e. The molecule has 0 saturated carbocycles. The van der Waals surface area contributed by atoms with Crippen molar-refractivity contribution < 1.29 is 19.1 Å². The first-order chi connectivity index (χ1) is 14.0. The number of hydrogen-bond donors (Lipinski definition) is 1. The standard InChI is InChI=1S/C22H25N3O4/c1-24(15-20(26)23-18-5-3-6-19(13-18)29-2)22(28)17-10-8-16(9-11-17)14-25-12-4-7-21(25)27/h3,5-6,8-11,13H,4,7,12,14-15H2,1-2H3,(H,23,26). The molecular weight excluding hydrogens is 370 g/mol. The van der Waals surface area contributed by atoms with Gasteiger partial charge in [0.25, 0.3) is 5.91 Å². The Morgan fingerprint density at radius 1 is 1.17 bits per heavy atom. The number of hydrogen-bond acceptors (Lipinski definition) is 4. The number of carbonyl (C=O) groups is 3. The monoisotopic (exact) mass is 395 g/mol. The first-order valence-corrected chi connectivity index (χ1v) is 9.52. The Bertz CT molecular complexity index is 895. The number of nitrogens with zero attached hydrogens (tertiary/aromatic N) is 2. The fourth-order valence-corrected chi connectivity index (χ4v) is 3.25. The molecule has 152 valence electrons. The molecule has 0 aromatic heterocycles. The van der Waals surface area contributed by atoms with Crippen molar-refractivity contribution in [2.45, 2.75) is 19.4 Å². The molecule has 7 nitrogen and oxygen atoms in total. The van der Waals surface area contributed by atoms with Crippen molar-refractivity contribution >= 4 is 23.4 Å². The summed E-state index contributed by atoms with van der Waals surface area (Å²) >= 11 is 0. The summed E-state index contributed by atoms with van der Waals surface area (Å²) in [5.41, 5.74) is 2.09. The average molecular weight is 395 g/mol. The fourth-order valence-electron chi connectivity index (χ4n) is 3.25. The van der Waals surface area contributed by atoms with Gasteiger partial charge in [0.2, 0.25) is 11.8 Å². The molecule has 7 heteroatoms. The van der Waals surface area contributed by atoms with Crippen molar-refractivity contribution in [3.8, 4) is 5.75 Å². The van der Waals surface area contributed by atoms with Crippen LogP contribution in [0.5, 0.6) is 5.75 Å². The van der Waals surface area contributed by atoms with E-state index in [1.54, 1.807) is 50.6 Å². The number of nitrogens with one attached hydrogen (secondary N) is 1. The minimum absolute atomic E-state index is 0.0694. The van der Waals surface area contributed by atoms with Crippen molar-refractivity contribution in [3.05, 3.63) is 59.7 Å². The van der Waals surface area contributed by atoms with Crippen molar-refractivity contribution in [2.24, 2.45) is 0 Å². The van der Waals surface area contributed by atoms with Crippen molar-refractivity contribution in [2.75, 3.05) is 32.6 Å². The summed E-state index contributed by atoms with van der Waals surface area (Å²) in [6.07, 6.45) is 1.51. The van der Waals surface area contributed by atoms with E-state index < -0.39 is 0 Å². The minimum Gasteiger partial charge on any atom is -0.497 e. The second-order valence-electron chi connectivity index (χ2n) is 7.06. The molecule has 0 aliphatic carbocycles. The van der Waals surface area contributed by atoms with Crippen LogP contribution in [0.3, 0.4) is 0 Å². The lowest BCUT2D eigenvalue weighted by molar-refractivity contribution is -0.128. The maximum atomic E-state index is 12.6. The second-order valence-corrected chi connectivity index (χ2v) is 7.06. The lowest BCUT2D eigenvalue weighted by atomic mass is 10.1. The topological polar surface area (TPSA) is 79.0 Å². The predicted octanol–water partition coefficient (Wildman–Crippen LogP) is 2.53. The quantitative estimate of drug-likeness (QED) is 0.781. The van der Waals surface area contributed by atoms with Crippen LogP contribution in [0.4, 0.5) is 5.69 Å². The van der Waals surface area contributed by atoms with Crippen molar-refractivity contribution in [3.63, 3.8) is 0 Å². The number of ether oxygens (including phenoxy) is 1. The van der Waals surface area contributed by atoms with Crippen molar-refractivity contribution in [1.82, 2.24) is 9.80 Å². The van der Waals surface area contributed by atoms with Gasteiger partial charge < -0.3 is 19.9 Å². The number of benzene rings is 2. The molecular formula is C22H25N3O4. The molecule has 1 fully saturated rings. The van der Waals surface area contributed by atoms with E-state index in [-0.39, 0.29) is 24.3 Å². The zero-order chi connectivity index (χ0) is 20.8. The lowest BCUT2D eigenvalue weighted by Gasteiger charge is -2.18. The third-order valence-electron chi connectivity index (χ3n) is 4.83. The van der Waals surface area contributed by atoms with E-state index in [4.69, 9.17) is 4.74 Å². The molecule has 3 amide bonds. The largest absolute Gasteiger partial charge is 0.497 e. The number of likely N-dealkylation sites (N-methyl/N-ethyl adjacent to an activating group) is 1. The van der Waals surface area contributed by atoms with E-state index >= 15 is 0 Å². The number of likely N-dealkylation sites (tertiary alicyclic amines) is 1. The molecule has 2 aromatic carbocycles. The van der Waals surface area contributed by atoms with Crippen LogP contribution in [0.1, 0.15) is 28.8 Å². The van der Waals surface area contributed by atoms with Crippen LogP contribution >= 0.6 is 0 Å². The van der Waals surface area contributed by atoms with Gasteiger partial charge in [-0.15, -0.1) is 0 Å². The van der Waals surface area contributed by atoms with Gasteiger partial charge >= 0.3 is 0 Å². The zero-order valence-corrected chi connectivity index (χ0v) is 16.7. The van der Waals surface area contributed by atoms with Gasteiger partial charge in [0, 0.05) is 43.9 Å². The van der Waals surface area contributed by atoms with E-state index in [0.29, 0.717) is 30.0 Å². The van der Waals surface area contributed by atoms with E-state index in [9.17, 15) is 14.4 Å². The molecule has 1 heterocycles. The molecule has 0 spiro atoms. The van der Waals surface area contributed by atoms with E-state index in [0.717, 1.165) is 18.5 Å². The van der Waals surface area contributed by atoms with Gasteiger partial charge in [-0.2, -0.15) is 0 Å². The van der Waals surface area contributed by atoms with Gasteiger partial charge in [-0.05, 0) is 36.2 Å². The molecule has 0 bridgehead atoms. The Labute approximate surface area is 170 Å². The Balaban J connectivity index is 1.54. The number of anilines is 1. The normalized spacial score (nSPS) is 13.3. The number of carbonyl (C=O) groups excluding carboxylic acids is 3. The SMILES string of the molecule is COc1cccc(NC(=O)CN(C)C(=O)c2ccc(CN3CCCC3=O)cc2)c1. The Hall–Kier alpha value is -3.35. The first kappa shape index (κ1) is 20.4. The molecule has 2 aromatic rings. The van der Waals surface area contributed by atoms with Crippen molar-refractivity contribution in [1.29, 1.82) is 0 Å². The van der Waals surface area contributed by atoms with Crippen LogP contribution in [0, 0.1) is 0 Å². The Morgan fingerprint density at radius 3 is 2.59 bits per heavy atom. The molecule has 3 rings (SSSR count). The molecule has 0 radical (unpaired) electrons. The third kappa shape index (κ3) is 5.34. The average Bonchev–Trinajstić information content (AvgIpc) is 3.12. The van der Waals surface area contributed by atoms with Crippen LogP contribution in [0.25, 0.3) is 0 Å². The number of amides is 3. The van der Waals surface area contributed by atoms with Crippen LogP contribution in [0.2, 0.25) is 0 Å². The van der Waals surface area contributed by atoms with Gasteiger partial charge in [0.05, 0.1) is 13.7 Å². The van der Waals surface area contributed by atoms with Gasteiger partial charge in [-0.3, -0.25) is 14.4 Å². The zero-order valence-electron chi connectivity index (χ0n) is 16.7. The molecule has 0 atom stereocenters. The summed E-state index contributed by atoms with van der Waals surface area (Å²) in [6.45, 7) is 1.27. The Kier molecular flexibility index (Phi) is 6.49. The highest BCUT2D eigenvalue weighted by molar-refractivity contribution is 5.99. The Morgan fingerprint density at radius 2 is 1.93 bits per heavy atom. The summed E-state index contributed by atoms with van der Waals surface area (Å²) in [6, 6.07) is 14.2. The van der Waals surface area contributed by atoms with Crippen LogP contribution in [-0.2, 0) is 16.1 Å². The molecule has 29 heavy (non-hydrogen) atoms. The minimum atomic E-state index is -0.293. The summed E-state index contributed by atoms with van der Waals surface area (Å²) in [7, 11) is 3.14. The molecule has 1 saturated heterocycles. The summed E-state index contributed by atoms with van der Waals surface area (Å²) in [4.78, 5) is 39.8. The molecule has 0 unspecified atom stereocenters. The highest BCUT2D eigenvalue weighted by atomic mass is 16.5. The summed E-state index contributed by atoms with van der Waals surface area (Å²) < 4.78 is 5.13. The molecule has 1 aliphatic rings. The van der Waals surface area contributed by atoms with Gasteiger partial charge in [-0.1, -0.05) is 18.2 Å². The molecule has 1 aliphatic heterocycles. The predicted molar refractivity (Wildman–Crippen MR) is 110 cm³/mol. The van der Waals surface area contributed by atoms with Crippen LogP contribution in [-0.4, -0.2) is 54.8 Å². The maximum absolute atomic E-state index is 12.6. The van der Waals surface area contributed by atoms with Crippen LogP contribution < -0.4 is 10.1 Å². The van der Waals surface area contributed by atoms with E-state index in [1.807, 2.05) is 17.0 Å². The fraction of sp³-hybridized carbons (Fsp3) is 0.318. The van der Waals surface area contributed by atoms with E-state index in [2.05, 4.69) is 5.32 Å². The van der Waals surface area contributed by atoms with Gasteiger partial charge in [-0.25, -0.2) is 0 Å². The first-order valence-electron chi connectivity index (χ1n) is 9.52. The number of rotatable bonds is 7. The molecule has 1 N–H and O–H groups in total. The highest BCUT2D eigenvalue weighted by Gasteiger charge is 2.20.